The normalized spacial score (nSPS) is 19.0. The van der Waals surface area contributed by atoms with Crippen LogP contribution in [0.4, 0.5) is 4.79 Å². The Bertz CT molecular complexity index is 809. The van der Waals surface area contributed by atoms with Crippen LogP contribution in [0.25, 0.3) is 5.70 Å². The molecule has 0 fully saturated rings. The van der Waals surface area contributed by atoms with E-state index in [-0.39, 0.29) is 12.1 Å². The van der Waals surface area contributed by atoms with E-state index in [0.717, 1.165) is 35.4 Å². The molecule has 1 aliphatic heterocycles. The van der Waals surface area contributed by atoms with Gasteiger partial charge in [0, 0.05) is 5.56 Å². The van der Waals surface area contributed by atoms with Gasteiger partial charge in [-0.3, -0.25) is 0 Å². The lowest BCUT2D eigenvalue weighted by molar-refractivity contribution is 0.240. The number of carbonyl (C=O) groups excluding carboxylic acids is 1. The molecule has 2 aromatic carbocycles. The van der Waals surface area contributed by atoms with Gasteiger partial charge in [0.2, 0.25) is 0 Å². The number of benzene rings is 2. The van der Waals surface area contributed by atoms with E-state index in [0.29, 0.717) is 6.61 Å². The van der Waals surface area contributed by atoms with Crippen molar-refractivity contribution in [3.8, 4) is 5.75 Å². The van der Waals surface area contributed by atoms with E-state index in [4.69, 9.17) is 4.74 Å². The highest BCUT2D eigenvalue weighted by molar-refractivity contribution is 5.91. The van der Waals surface area contributed by atoms with Crippen LogP contribution >= 0.6 is 0 Å². The SMILES string of the molecule is CCOc1ccc([C@@H]2NC(=O)NC3=C2CCc2ccccc23)cc1. The first-order valence-electron chi connectivity index (χ1n) is 8.38. The molecular weight excluding hydrogens is 300 g/mol. The molecule has 2 N–H and O–H groups in total. The van der Waals surface area contributed by atoms with E-state index in [1.165, 1.54) is 11.1 Å². The zero-order valence-electron chi connectivity index (χ0n) is 13.6. The van der Waals surface area contributed by atoms with Crippen LogP contribution in [0.5, 0.6) is 5.75 Å². The number of fused-ring (bicyclic) bond motifs is 2. The van der Waals surface area contributed by atoms with Gasteiger partial charge in [-0.25, -0.2) is 4.79 Å². The molecule has 0 spiro atoms. The number of amides is 2. The van der Waals surface area contributed by atoms with E-state index in [1.807, 2.05) is 37.3 Å². The third-order valence-electron chi connectivity index (χ3n) is 4.66. The van der Waals surface area contributed by atoms with Crippen LogP contribution in [-0.2, 0) is 6.42 Å². The Morgan fingerprint density at radius 1 is 1.08 bits per heavy atom. The van der Waals surface area contributed by atoms with E-state index >= 15 is 0 Å². The highest BCUT2D eigenvalue weighted by Crippen LogP contribution is 2.38. The van der Waals surface area contributed by atoms with Crippen LogP contribution in [-0.4, -0.2) is 12.6 Å². The van der Waals surface area contributed by atoms with Gasteiger partial charge in [0.15, 0.2) is 0 Å². The summed E-state index contributed by atoms with van der Waals surface area (Å²) in [6.45, 7) is 2.62. The molecule has 0 radical (unpaired) electrons. The third kappa shape index (κ3) is 2.54. The molecule has 24 heavy (non-hydrogen) atoms. The number of rotatable bonds is 3. The van der Waals surface area contributed by atoms with E-state index in [1.54, 1.807) is 0 Å². The molecule has 122 valence electrons. The number of ether oxygens (including phenoxy) is 1. The number of carbonyl (C=O) groups is 1. The molecular formula is C20H20N2O2. The fourth-order valence-corrected chi connectivity index (χ4v) is 3.56. The lowest BCUT2D eigenvalue weighted by atomic mass is 9.83. The summed E-state index contributed by atoms with van der Waals surface area (Å²) in [5.41, 5.74) is 5.74. The van der Waals surface area contributed by atoms with Crippen molar-refractivity contribution in [1.29, 1.82) is 0 Å². The van der Waals surface area contributed by atoms with Gasteiger partial charge < -0.3 is 15.4 Å². The molecule has 4 heteroatoms. The first-order valence-corrected chi connectivity index (χ1v) is 8.38. The van der Waals surface area contributed by atoms with Crippen LogP contribution in [0.2, 0.25) is 0 Å². The lowest BCUT2D eigenvalue weighted by Crippen LogP contribution is -2.44. The van der Waals surface area contributed by atoms with Gasteiger partial charge in [-0.2, -0.15) is 0 Å². The Kier molecular flexibility index (Phi) is 3.73. The molecule has 0 saturated carbocycles. The largest absolute Gasteiger partial charge is 0.494 e. The van der Waals surface area contributed by atoms with Crippen LogP contribution in [0.1, 0.15) is 36.1 Å². The Hall–Kier alpha value is -2.75. The minimum absolute atomic E-state index is 0.0854. The number of hydrogen-bond acceptors (Lipinski definition) is 2. The monoisotopic (exact) mass is 320 g/mol. The van der Waals surface area contributed by atoms with Gasteiger partial charge in [-0.15, -0.1) is 0 Å². The number of aryl methyl sites for hydroxylation is 1. The fraction of sp³-hybridized carbons (Fsp3) is 0.250. The van der Waals surface area contributed by atoms with Crippen molar-refractivity contribution < 1.29 is 9.53 Å². The average Bonchev–Trinajstić information content (AvgIpc) is 2.62. The third-order valence-corrected chi connectivity index (χ3v) is 4.66. The van der Waals surface area contributed by atoms with Crippen molar-refractivity contribution in [1.82, 2.24) is 10.6 Å². The van der Waals surface area contributed by atoms with Crippen LogP contribution in [0, 0.1) is 0 Å². The van der Waals surface area contributed by atoms with Crippen molar-refractivity contribution >= 4 is 11.7 Å². The summed E-state index contributed by atoms with van der Waals surface area (Å²) in [5.74, 6) is 0.852. The number of nitrogens with one attached hydrogen (secondary N) is 2. The second-order valence-corrected chi connectivity index (χ2v) is 6.09. The second-order valence-electron chi connectivity index (χ2n) is 6.09. The standard InChI is InChI=1S/C20H20N2O2/c1-2-24-15-10-7-14(8-11-15)18-17-12-9-13-5-3-4-6-16(13)19(17)22-20(23)21-18/h3-8,10-11,18H,2,9,12H2,1H3,(H2,21,22,23)/t18-/m0/s1. The van der Waals surface area contributed by atoms with Crippen LogP contribution < -0.4 is 15.4 Å². The smallest absolute Gasteiger partial charge is 0.319 e. The molecule has 0 unspecified atom stereocenters. The zero-order valence-corrected chi connectivity index (χ0v) is 13.6. The Morgan fingerprint density at radius 2 is 1.88 bits per heavy atom. The summed E-state index contributed by atoms with van der Waals surface area (Å²) >= 11 is 0. The van der Waals surface area contributed by atoms with Crippen LogP contribution in [0.3, 0.4) is 0 Å². The van der Waals surface area contributed by atoms with Gasteiger partial charge in [0.05, 0.1) is 18.3 Å². The number of urea groups is 1. The maximum atomic E-state index is 12.2. The van der Waals surface area contributed by atoms with Crippen LogP contribution in [0.15, 0.2) is 54.1 Å². The highest BCUT2D eigenvalue weighted by Gasteiger charge is 2.31. The maximum Gasteiger partial charge on any atom is 0.319 e. The van der Waals surface area contributed by atoms with Crippen molar-refractivity contribution in [3.05, 3.63) is 70.8 Å². The summed E-state index contributed by atoms with van der Waals surface area (Å²) < 4.78 is 5.51. The molecule has 4 nitrogen and oxygen atoms in total. The minimum atomic E-state index is -0.149. The molecule has 0 saturated heterocycles. The predicted molar refractivity (Wildman–Crippen MR) is 93.7 cm³/mol. The predicted octanol–water partition coefficient (Wildman–Crippen LogP) is 3.80. The Morgan fingerprint density at radius 3 is 2.67 bits per heavy atom. The molecule has 0 aromatic heterocycles. The molecule has 1 atom stereocenters. The lowest BCUT2D eigenvalue weighted by Gasteiger charge is -2.34. The van der Waals surface area contributed by atoms with Gasteiger partial charge in [0.25, 0.3) is 0 Å². The molecule has 2 aliphatic rings. The summed E-state index contributed by atoms with van der Waals surface area (Å²) in [4.78, 5) is 12.2. The summed E-state index contributed by atoms with van der Waals surface area (Å²) in [5, 5.41) is 6.08. The molecule has 0 bridgehead atoms. The van der Waals surface area contributed by atoms with Gasteiger partial charge in [0.1, 0.15) is 5.75 Å². The topological polar surface area (TPSA) is 50.4 Å². The molecule has 4 rings (SSSR count). The first-order chi connectivity index (χ1) is 11.8. The van der Waals surface area contributed by atoms with Gasteiger partial charge in [-0.1, -0.05) is 36.4 Å². The van der Waals surface area contributed by atoms with Crippen molar-refractivity contribution in [3.63, 3.8) is 0 Å². The molecule has 1 heterocycles. The highest BCUT2D eigenvalue weighted by atomic mass is 16.5. The quantitative estimate of drug-likeness (QED) is 0.904. The zero-order chi connectivity index (χ0) is 16.5. The summed E-state index contributed by atoms with van der Waals surface area (Å²) in [6.07, 6.45) is 1.94. The maximum absolute atomic E-state index is 12.2. The first kappa shape index (κ1) is 14.8. The Balaban J connectivity index is 1.75. The second kappa shape index (κ2) is 6.04. The minimum Gasteiger partial charge on any atom is -0.494 e. The summed E-state index contributed by atoms with van der Waals surface area (Å²) in [6, 6.07) is 16.1. The van der Waals surface area contributed by atoms with E-state index < -0.39 is 0 Å². The number of hydrogen-bond donors (Lipinski definition) is 2. The van der Waals surface area contributed by atoms with Crippen molar-refractivity contribution in [2.24, 2.45) is 0 Å². The fourth-order valence-electron chi connectivity index (χ4n) is 3.56. The summed E-state index contributed by atoms with van der Waals surface area (Å²) in [7, 11) is 0. The van der Waals surface area contributed by atoms with E-state index in [9.17, 15) is 4.79 Å². The Labute approximate surface area is 141 Å². The van der Waals surface area contributed by atoms with Crippen molar-refractivity contribution in [2.75, 3.05) is 6.61 Å². The molecule has 1 aliphatic carbocycles. The molecule has 2 amide bonds. The van der Waals surface area contributed by atoms with Gasteiger partial charge >= 0.3 is 6.03 Å². The molecule has 2 aromatic rings. The van der Waals surface area contributed by atoms with Gasteiger partial charge in [-0.05, 0) is 48.6 Å². The van der Waals surface area contributed by atoms with Crippen molar-refractivity contribution in [2.45, 2.75) is 25.8 Å². The van der Waals surface area contributed by atoms with E-state index in [2.05, 4.69) is 28.8 Å². The average molecular weight is 320 g/mol.